The monoisotopic (exact) mass is 296 g/mol. The first-order valence-electron chi connectivity index (χ1n) is 8.18. The van der Waals surface area contributed by atoms with E-state index >= 15 is 0 Å². The van der Waals surface area contributed by atoms with Gasteiger partial charge in [0.25, 0.3) is 0 Å². The summed E-state index contributed by atoms with van der Waals surface area (Å²) in [5.74, 6) is 0.266. The molecule has 0 bridgehead atoms. The Kier molecular flexibility index (Phi) is 5.25. The van der Waals surface area contributed by atoms with E-state index in [1.165, 1.54) is 0 Å². The molecule has 0 radical (unpaired) electrons. The van der Waals surface area contributed by atoms with E-state index < -0.39 is 0 Å². The maximum atomic E-state index is 12.9. The molecule has 0 aromatic heterocycles. The summed E-state index contributed by atoms with van der Waals surface area (Å²) in [6, 6.07) is -0.546. The zero-order chi connectivity index (χ0) is 15.6. The van der Waals surface area contributed by atoms with E-state index in [-0.39, 0.29) is 42.0 Å². The van der Waals surface area contributed by atoms with Gasteiger partial charge in [0.1, 0.15) is 12.1 Å². The molecule has 2 amide bonds. The Balaban J connectivity index is 2.21. The third-order valence-electron chi connectivity index (χ3n) is 5.14. The maximum absolute atomic E-state index is 12.9. The Bertz CT molecular complexity index is 399. The molecule has 1 heterocycles. The lowest BCUT2D eigenvalue weighted by Gasteiger charge is -2.43. The van der Waals surface area contributed by atoms with E-state index in [2.05, 4.69) is 12.2 Å². The van der Waals surface area contributed by atoms with Crippen LogP contribution in [0.1, 0.15) is 52.9 Å². The molecular formula is C16H28N2O3. The summed E-state index contributed by atoms with van der Waals surface area (Å²) in [5.41, 5.74) is 0. The van der Waals surface area contributed by atoms with Gasteiger partial charge in [0, 0.05) is 13.2 Å². The van der Waals surface area contributed by atoms with E-state index in [4.69, 9.17) is 4.74 Å². The molecule has 1 saturated carbocycles. The van der Waals surface area contributed by atoms with Crippen molar-refractivity contribution < 1.29 is 14.3 Å². The molecule has 2 fully saturated rings. The third-order valence-corrected chi connectivity index (χ3v) is 5.14. The summed E-state index contributed by atoms with van der Waals surface area (Å²) in [5, 5.41) is 2.94. The predicted molar refractivity (Wildman–Crippen MR) is 80.7 cm³/mol. The Labute approximate surface area is 127 Å². The van der Waals surface area contributed by atoms with E-state index in [1.54, 1.807) is 7.11 Å². The average molecular weight is 296 g/mol. The highest BCUT2D eigenvalue weighted by molar-refractivity contribution is 5.97. The van der Waals surface area contributed by atoms with Gasteiger partial charge in [-0.05, 0) is 31.6 Å². The molecule has 0 spiro atoms. The lowest BCUT2D eigenvalue weighted by atomic mass is 9.92. The van der Waals surface area contributed by atoms with Crippen LogP contribution < -0.4 is 5.32 Å². The molecule has 5 unspecified atom stereocenters. The highest BCUT2D eigenvalue weighted by Crippen LogP contribution is 2.31. The maximum Gasteiger partial charge on any atom is 0.246 e. The van der Waals surface area contributed by atoms with Crippen LogP contribution in [0.4, 0.5) is 0 Å². The summed E-state index contributed by atoms with van der Waals surface area (Å²) in [6.45, 7) is 6.05. The lowest BCUT2D eigenvalue weighted by molar-refractivity contribution is -0.154. The van der Waals surface area contributed by atoms with Gasteiger partial charge in [0.2, 0.25) is 11.8 Å². The molecule has 5 heteroatoms. The number of carbonyl (C=O) groups excluding carboxylic acids is 2. The summed E-state index contributed by atoms with van der Waals surface area (Å²) >= 11 is 0. The van der Waals surface area contributed by atoms with Crippen LogP contribution in [0.2, 0.25) is 0 Å². The van der Waals surface area contributed by atoms with Gasteiger partial charge < -0.3 is 15.0 Å². The predicted octanol–water partition coefficient (Wildman–Crippen LogP) is 1.71. The van der Waals surface area contributed by atoms with E-state index in [0.717, 1.165) is 25.7 Å². The summed E-state index contributed by atoms with van der Waals surface area (Å²) < 4.78 is 5.42. The smallest absolute Gasteiger partial charge is 0.246 e. The molecule has 1 N–H and O–H groups in total. The van der Waals surface area contributed by atoms with Crippen molar-refractivity contribution in [3.05, 3.63) is 0 Å². The van der Waals surface area contributed by atoms with Crippen LogP contribution in [-0.4, -0.2) is 48.1 Å². The molecule has 120 valence electrons. The second kappa shape index (κ2) is 6.77. The van der Waals surface area contributed by atoms with Gasteiger partial charge in [-0.2, -0.15) is 0 Å². The van der Waals surface area contributed by atoms with Crippen LogP contribution >= 0.6 is 0 Å². The number of rotatable bonds is 5. The molecule has 5 nitrogen and oxygen atoms in total. The number of carbonyl (C=O) groups is 2. The normalized spacial score (nSPS) is 35.0. The van der Waals surface area contributed by atoms with E-state index in [1.807, 2.05) is 18.7 Å². The van der Waals surface area contributed by atoms with Crippen LogP contribution in [0, 0.1) is 5.92 Å². The van der Waals surface area contributed by atoms with Crippen LogP contribution in [0.5, 0.6) is 0 Å². The van der Waals surface area contributed by atoms with Gasteiger partial charge in [-0.3, -0.25) is 9.59 Å². The second-order valence-electron chi connectivity index (χ2n) is 6.37. The summed E-state index contributed by atoms with van der Waals surface area (Å²) in [7, 11) is 1.72. The van der Waals surface area contributed by atoms with Crippen LogP contribution in [-0.2, 0) is 14.3 Å². The molecule has 2 aliphatic rings. The van der Waals surface area contributed by atoms with Gasteiger partial charge in [-0.15, -0.1) is 0 Å². The fraction of sp³-hybridized carbons (Fsp3) is 0.875. The average Bonchev–Trinajstić information content (AvgIpc) is 2.96. The zero-order valence-electron chi connectivity index (χ0n) is 13.6. The first kappa shape index (κ1) is 16.3. The molecular weight excluding hydrogens is 268 g/mol. The number of amides is 2. The lowest BCUT2D eigenvalue weighted by Crippen LogP contribution is -2.66. The standard InChI is InChI=1S/C16H28N2O3/c1-5-10(3)14-16(20)18(13(6-2)15(19)17-14)11-7-8-12(9-11)21-4/h10-14H,5-9H2,1-4H3,(H,17,19). The van der Waals surface area contributed by atoms with Crippen molar-refractivity contribution in [1.29, 1.82) is 0 Å². The summed E-state index contributed by atoms with van der Waals surface area (Å²) in [4.78, 5) is 27.1. The number of hydrogen-bond acceptors (Lipinski definition) is 3. The topological polar surface area (TPSA) is 58.6 Å². The van der Waals surface area contributed by atoms with Gasteiger partial charge >= 0.3 is 0 Å². The van der Waals surface area contributed by atoms with Gasteiger partial charge in [0.05, 0.1) is 6.10 Å². The van der Waals surface area contributed by atoms with Crippen LogP contribution in [0.15, 0.2) is 0 Å². The number of nitrogens with one attached hydrogen (secondary N) is 1. The van der Waals surface area contributed by atoms with Crippen LogP contribution in [0.25, 0.3) is 0 Å². The van der Waals surface area contributed by atoms with E-state index in [9.17, 15) is 9.59 Å². The minimum Gasteiger partial charge on any atom is -0.381 e. The van der Waals surface area contributed by atoms with Crippen molar-refractivity contribution in [3.63, 3.8) is 0 Å². The molecule has 1 saturated heterocycles. The quantitative estimate of drug-likeness (QED) is 0.840. The first-order chi connectivity index (χ1) is 10.0. The van der Waals surface area contributed by atoms with Crippen molar-refractivity contribution >= 4 is 11.8 Å². The van der Waals surface area contributed by atoms with E-state index in [0.29, 0.717) is 6.42 Å². The Morgan fingerprint density at radius 3 is 2.57 bits per heavy atom. The van der Waals surface area contributed by atoms with Crippen molar-refractivity contribution in [2.45, 2.75) is 77.1 Å². The number of ether oxygens (including phenoxy) is 1. The molecule has 0 aromatic carbocycles. The van der Waals surface area contributed by atoms with Gasteiger partial charge in [0.15, 0.2) is 0 Å². The SMILES string of the molecule is CCC(C)C1NC(=O)C(CC)N(C2CCC(OC)C2)C1=O. The van der Waals surface area contributed by atoms with Crippen molar-refractivity contribution in [3.8, 4) is 0 Å². The number of nitrogens with zero attached hydrogens (tertiary/aromatic N) is 1. The molecule has 21 heavy (non-hydrogen) atoms. The van der Waals surface area contributed by atoms with Crippen molar-refractivity contribution in [2.75, 3.05) is 7.11 Å². The van der Waals surface area contributed by atoms with Crippen LogP contribution in [0.3, 0.4) is 0 Å². The first-order valence-corrected chi connectivity index (χ1v) is 8.18. The largest absolute Gasteiger partial charge is 0.381 e. The molecule has 1 aliphatic heterocycles. The number of piperazine rings is 1. The Morgan fingerprint density at radius 2 is 2.05 bits per heavy atom. The Morgan fingerprint density at radius 1 is 1.33 bits per heavy atom. The summed E-state index contributed by atoms with van der Waals surface area (Å²) in [6.07, 6.45) is 4.51. The molecule has 2 rings (SSSR count). The molecule has 0 aromatic rings. The minimum atomic E-state index is -0.369. The van der Waals surface area contributed by atoms with Crippen molar-refractivity contribution in [1.82, 2.24) is 10.2 Å². The van der Waals surface area contributed by atoms with Crippen molar-refractivity contribution in [2.24, 2.45) is 5.92 Å². The molecule has 1 aliphatic carbocycles. The fourth-order valence-electron chi connectivity index (χ4n) is 3.57. The Hall–Kier alpha value is -1.10. The molecule has 5 atom stereocenters. The minimum absolute atomic E-state index is 0.00302. The second-order valence-corrected chi connectivity index (χ2v) is 6.37. The zero-order valence-corrected chi connectivity index (χ0v) is 13.6. The van der Waals surface area contributed by atoms with Gasteiger partial charge in [-0.25, -0.2) is 0 Å². The number of hydrogen-bond donors (Lipinski definition) is 1. The van der Waals surface area contributed by atoms with Gasteiger partial charge in [-0.1, -0.05) is 27.2 Å². The highest BCUT2D eigenvalue weighted by Gasteiger charge is 2.45. The number of methoxy groups -OCH3 is 1. The fourth-order valence-corrected chi connectivity index (χ4v) is 3.57. The third kappa shape index (κ3) is 3.07. The highest BCUT2D eigenvalue weighted by atomic mass is 16.5.